The zero-order valence-corrected chi connectivity index (χ0v) is 12.3. The second-order valence-electron chi connectivity index (χ2n) is 4.66. The molecule has 19 heavy (non-hydrogen) atoms. The quantitative estimate of drug-likeness (QED) is 0.934. The van der Waals surface area contributed by atoms with Crippen molar-refractivity contribution in [2.45, 2.75) is 39.7 Å². The Kier molecular flexibility index (Phi) is 4.22. The fourth-order valence-corrected chi connectivity index (χ4v) is 2.42. The lowest BCUT2D eigenvalue weighted by Gasteiger charge is -2.10. The van der Waals surface area contributed by atoms with Crippen molar-refractivity contribution in [2.24, 2.45) is 5.73 Å². The minimum absolute atomic E-state index is 0.0760. The lowest BCUT2D eigenvalue weighted by molar-refractivity contribution is 0.665. The zero-order chi connectivity index (χ0) is 14.0. The highest BCUT2D eigenvalue weighted by Gasteiger charge is 2.18. The van der Waals surface area contributed by atoms with Crippen LogP contribution in [0.5, 0.6) is 0 Å². The molecule has 2 aromatic rings. The molecule has 0 saturated heterocycles. The third-order valence-electron chi connectivity index (χ3n) is 3.25. The monoisotopic (exact) mass is 278 g/mol. The highest BCUT2D eigenvalue weighted by atomic mass is 35.5. The molecule has 4 nitrogen and oxygen atoms in total. The minimum atomic E-state index is -0.0760. The molecule has 2 N–H and O–H groups in total. The number of benzene rings is 1. The van der Waals surface area contributed by atoms with Crippen LogP contribution in [-0.4, -0.2) is 15.0 Å². The van der Waals surface area contributed by atoms with Crippen LogP contribution in [0.1, 0.15) is 43.3 Å². The Hall–Kier alpha value is -1.39. The van der Waals surface area contributed by atoms with E-state index in [0.29, 0.717) is 5.02 Å². The van der Waals surface area contributed by atoms with Crippen LogP contribution in [0.2, 0.25) is 5.02 Å². The van der Waals surface area contributed by atoms with Gasteiger partial charge >= 0.3 is 0 Å². The van der Waals surface area contributed by atoms with Gasteiger partial charge in [0, 0.05) is 0 Å². The van der Waals surface area contributed by atoms with Gasteiger partial charge in [-0.15, -0.1) is 5.10 Å². The lowest BCUT2D eigenvalue weighted by atomic mass is 10.1. The summed E-state index contributed by atoms with van der Waals surface area (Å²) in [5.41, 5.74) is 9.94. The highest BCUT2D eigenvalue weighted by molar-refractivity contribution is 6.32. The normalized spacial score (nSPS) is 12.7. The Bertz CT molecular complexity index is 577. The molecule has 2 rings (SSSR count). The molecule has 0 fully saturated rings. The Morgan fingerprint density at radius 1 is 1.37 bits per heavy atom. The molecule has 0 aliphatic heterocycles. The molecule has 5 heteroatoms. The van der Waals surface area contributed by atoms with Gasteiger partial charge in [0.1, 0.15) is 5.69 Å². The van der Waals surface area contributed by atoms with Crippen molar-refractivity contribution in [3.8, 4) is 5.69 Å². The predicted molar refractivity (Wildman–Crippen MR) is 77.7 cm³/mol. The summed E-state index contributed by atoms with van der Waals surface area (Å²) in [7, 11) is 0. The van der Waals surface area contributed by atoms with Gasteiger partial charge in [0.05, 0.1) is 22.4 Å². The van der Waals surface area contributed by atoms with Crippen LogP contribution >= 0.6 is 11.6 Å². The molecular weight excluding hydrogens is 260 g/mol. The van der Waals surface area contributed by atoms with E-state index in [1.807, 2.05) is 32.0 Å². The first-order valence-corrected chi connectivity index (χ1v) is 6.92. The van der Waals surface area contributed by atoms with Crippen LogP contribution in [0.4, 0.5) is 0 Å². The van der Waals surface area contributed by atoms with Crippen molar-refractivity contribution in [3.63, 3.8) is 0 Å². The standard InChI is InChI=1S/C14H19ClN4/c1-4-11(16)14-12(5-2)19(18-17-14)13-7-6-9(3)8-10(13)15/h6-8,11H,4-5,16H2,1-3H3. The summed E-state index contributed by atoms with van der Waals surface area (Å²) >= 11 is 6.30. The van der Waals surface area contributed by atoms with Crippen molar-refractivity contribution in [2.75, 3.05) is 0 Å². The van der Waals surface area contributed by atoms with E-state index in [2.05, 4.69) is 17.2 Å². The van der Waals surface area contributed by atoms with Crippen LogP contribution in [0, 0.1) is 6.92 Å². The molecule has 0 bridgehead atoms. The van der Waals surface area contributed by atoms with E-state index in [4.69, 9.17) is 17.3 Å². The van der Waals surface area contributed by atoms with Gasteiger partial charge in [0.2, 0.25) is 0 Å². The van der Waals surface area contributed by atoms with E-state index < -0.39 is 0 Å². The van der Waals surface area contributed by atoms with Gasteiger partial charge < -0.3 is 5.73 Å². The molecule has 1 heterocycles. The van der Waals surface area contributed by atoms with E-state index in [0.717, 1.165) is 35.5 Å². The number of nitrogens with two attached hydrogens (primary N) is 1. The van der Waals surface area contributed by atoms with Crippen molar-refractivity contribution < 1.29 is 0 Å². The molecule has 0 amide bonds. The summed E-state index contributed by atoms with van der Waals surface area (Å²) in [5.74, 6) is 0. The smallest absolute Gasteiger partial charge is 0.103 e. The van der Waals surface area contributed by atoms with Gasteiger partial charge in [-0.1, -0.05) is 36.7 Å². The number of rotatable bonds is 4. The zero-order valence-electron chi connectivity index (χ0n) is 11.5. The van der Waals surface area contributed by atoms with Crippen LogP contribution in [0.25, 0.3) is 5.69 Å². The number of hydrogen-bond donors (Lipinski definition) is 1. The second-order valence-corrected chi connectivity index (χ2v) is 5.06. The van der Waals surface area contributed by atoms with Crippen LogP contribution in [-0.2, 0) is 6.42 Å². The molecule has 1 aromatic carbocycles. The number of hydrogen-bond acceptors (Lipinski definition) is 3. The van der Waals surface area contributed by atoms with Crippen LogP contribution < -0.4 is 5.73 Å². The second kappa shape index (κ2) is 5.72. The topological polar surface area (TPSA) is 56.7 Å². The minimum Gasteiger partial charge on any atom is -0.323 e. The molecule has 0 aliphatic rings. The molecule has 0 saturated carbocycles. The van der Waals surface area contributed by atoms with E-state index in [-0.39, 0.29) is 6.04 Å². The van der Waals surface area contributed by atoms with Crippen LogP contribution in [0.15, 0.2) is 18.2 Å². The third-order valence-corrected chi connectivity index (χ3v) is 3.55. The molecule has 1 unspecified atom stereocenters. The maximum absolute atomic E-state index is 6.30. The molecular formula is C14H19ClN4. The Balaban J connectivity index is 2.53. The van der Waals surface area contributed by atoms with Crippen molar-refractivity contribution in [1.29, 1.82) is 0 Å². The van der Waals surface area contributed by atoms with Crippen molar-refractivity contribution in [1.82, 2.24) is 15.0 Å². The van der Waals surface area contributed by atoms with E-state index in [9.17, 15) is 0 Å². The summed E-state index contributed by atoms with van der Waals surface area (Å²) < 4.78 is 1.80. The predicted octanol–water partition coefficient (Wildman–Crippen LogP) is 3.20. The molecule has 0 spiro atoms. The molecule has 1 aromatic heterocycles. The fourth-order valence-electron chi connectivity index (χ4n) is 2.10. The van der Waals surface area contributed by atoms with E-state index in [1.165, 1.54) is 0 Å². The lowest BCUT2D eigenvalue weighted by Crippen LogP contribution is -2.12. The number of aromatic nitrogens is 3. The number of halogens is 1. The van der Waals surface area contributed by atoms with Gasteiger partial charge in [0.25, 0.3) is 0 Å². The summed E-state index contributed by atoms with van der Waals surface area (Å²) in [6.45, 7) is 6.13. The van der Waals surface area contributed by atoms with Gasteiger partial charge in [-0.3, -0.25) is 0 Å². The van der Waals surface area contributed by atoms with E-state index in [1.54, 1.807) is 4.68 Å². The molecule has 102 valence electrons. The fraction of sp³-hybridized carbons (Fsp3) is 0.429. The summed E-state index contributed by atoms with van der Waals surface area (Å²) in [4.78, 5) is 0. The van der Waals surface area contributed by atoms with Crippen LogP contribution in [0.3, 0.4) is 0 Å². The Morgan fingerprint density at radius 3 is 2.68 bits per heavy atom. The van der Waals surface area contributed by atoms with Crippen molar-refractivity contribution in [3.05, 3.63) is 40.2 Å². The van der Waals surface area contributed by atoms with Gasteiger partial charge in [-0.25, -0.2) is 4.68 Å². The SMILES string of the molecule is CCc1c(C(N)CC)nnn1-c1ccc(C)cc1Cl. The van der Waals surface area contributed by atoms with Gasteiger partial charge in [-0.2, -0.15) is 0 Å². The molecule has 0 radical (unpaired) electrons. The summed E-state index contributed by atoms with van der Waals surface area (Å²) in [6, 6.07) is 5.83. The largest absolute Gasteiger partial charge is 0.323 e. The summed E-state index contributed by atoms with van der Waals surface area (Å²) in [5, 5.41) is 9.12. The third kappa shape index (κ3) is 2.65. The average Bonchev–Trinajstić information content (AvgIpc) is 2.81. The van der Waals surface area contributed by atoms with Crippen molar-refractivity contribution >= 4 is 11.6 Å². The van der Waals surface area contributed by atoms with Gasteiger partial charge in [0.15, 0.2) is 0 Å². The Labute approximate surface area is 118 Å². The number of aryl methyl sites for hydroxylation is 1. The number of nitrogens with zero attached hydrogens (tertiary/aromatic N) is 3. The highest BCUT2D eigenvalue weighted by Crippen LogP contribution is 2.25. The van der Waals surface area contributed by atoms with Gasteiger partial charge in [-0.05, 0) is 37.5 Å². The molecule has 1 atom stereocenters. The first-order valence-electron chi connectivity index (χ1n) is 6.55. The maximum Gasteiger partial charge on any atom is 0.103 e. The average molecular weight is 279 g/mol. The summed E-state index contributed by atoms with van der Waals surface area (Å²) in [6.07, 6.45) is 1.66. The maximum atomic E-state index is 6.30. The first kappa shape index (κ1) is 14.0. The van der Waals surface area contributed by atoms with E-state index >= 15 is 0 Å². The first-order chi connectivity index (χ1) is 9.08. The molecule has 0 aliphatic carbocycles. The Morgan fingerprint density at radius 2 is 2.11 bits per heavy atom.